The van der Waals surface area contributed by atoms with Gasteiger partial charge in [-0.15, -0.1) is 11.8 Å². The van der Waals surface area contributed by atoms with E-state index < -0.39 is 0 Å². The molecule has 0 radical (unpaired) electrons. The molecule has 28 heavy (non-hydrogen) atoms. The summed E-state index contributed by atoms with van der Waals surface area (Å²) in [7, 11) is 0. The highest BCUT2D eigenvalue weighted by molar-refractivity contribution is 7.98. The lowest BCUT2D eigenvalue weighted by atomic mass is 9.95. The SMILES string of the molecule is CSc1ccc([C@@H]2C(C(=O)Nc3ccc(Cl)cc3)=C(C)Nc3ncnn32)cc1. The molecule has 0 unspecified atom stereocenters. The molecule has 0 spiro atoms. The van der Waals surface area contributed by atoms with Gasteiger partial charge < -0.3 is 10.6 Å². The Morgan fingerprint density at radius 2 is 1.89 bits per heavy atom. The lowest BCUT2D eigenvalue weighted by molar-refractivity contribution is -0.113. The molecule has 0 fully saturated rings. The van der Waals surface area contributed by atoms with E-state index in [1.54, 1.807) is 40.7 Å². The van der Waals surface area contributed by atoms with Crippen LogP contribution >= 0.6 is 23.4 Å². The summed E-state index contributed by atoms with van der Waals surface area (Å²) in [4.78, 5) is 18.6. The first-order valence-corrected chi connectivity index (χ1v) is 10.3. The minimum absolute atomic E-state index is 0.201. The van der Waals surface area contributed by atoms with E-state index in [1.807, 2.05) is 37.4 Å². The first kappa shape index (κ1) is 18.6. The molecule has 2 aromatic carbocycles. The van der Waals surface area contributed by atoms with Crippen LogP contribution in [0, 0.1) is 0 Å². The molecule has 0 saturated heterocycles. The molecule has 1 amide bonds. The van der Waals surface area contributed by atoms with Crippen molar-refractivity contribution >= 4 is 40.9 Å². The Labute approximate surface area is 172 Å². The lowest BCUT2D eigenvalue weighted by Gasteiger charge is -2.28. The Bertz CT molecular complexity index is 1040. The molecular formula is C20H18ClN5OS. The van der Waals surface area contributed by atoms with Gasteiger partial charge >= 0.3 is 0 Å². The van der Waals surface area contributed by atoms with Gasteiger partial charge in [0.05, 0.1) is 5.57 Å². The normalized spacial score (nSPS) is 15.8. The van der Waals surface area contributed by atoms with E-state index in [2.05, 4.69) is 20.7 Å². The van der Waals surface area contributed by atoms with Gasteiger partial charge in [-0.05, 0) is 55.1 Å². The first-order valence-electron chi connectivity index (χ1n) is 8.65. The van der Waals surface area contributed by atoms with Crippen molar-refractivity contribution in [2.75, 3.05) is 16.9 Å². The Morgan fingerprint density at radius 1 is 1.18 bits per heavy atom. The molecule has 2 N–H and O–H groups in total. The predicted octanol–water partition coefficient (Wildman–Crippen LogP) is 4.58. The van der Waals surface area contributed by atoms with Crippen molar-refractivity contribution in [3.05, 3.63) is 76.7 Å². The molecule has 1 aliphatic heterocycles. The monoisotopic (exact) mass is 411 g/mol. The number of rotatable bonds is 4. The molecule has 1 atom stereocenters. The number of nitrogens with one attached hydrogen (secondary N) is 2. The summed E-state index contributed by atoms with van der Waals surface area (Å²) in [6.45, 7) is 1.87. The molecule has 1 aliphatic rings. The average Bonchev–Trinajstić information content (AvgIpc) is 3.16. The van der Waals surface area contributed by atoms with Crippen LogP contribution < -0.4 is 10.6 Å². The maximum atomic E-state index is 13.2. The lowest BCUT2D eigenvalue weighted by Crippen LogP contribution is -2.31. The average molecular weight is 412 g/mol. The molecule has 4 rings (SSSR count). The minimum Gasteiger partial charge on any atom is -0.328 e. The van der Waals surface area contributed by atoms with Crippen LogP contribution in [0.5, 0.6) is 0 Å². The van der Waals surface area contributed by atoms with Gasteiger partial charge in [-0.1, -0.05) is 23.7 Å². The van der Waals surface area contributed by atoms with Gasteiger partial charge in [0.1, 0.15) is 12.4 Å². The van der Waals surface area contributed by atoms with Crippen LogP contribution in [0.2, 0.25) is 5.02 Å². The van der Waals surface area contributed by atoms with Gasteiger partial charge in [0.2, 0.25) is 5.95 Å². The molecule has 3 aromatic rings. The van der Waals surface area contributed by atoms with Gasteiger partial charge in [0, 0.05) is 21.3 Å². The van der Waals surface area contributed by atoms with Gasteiger partial charge in [-0.2, -0.15) is 10.1 Å². The molecule has 0 saturated carbocycles. The van der Waals surface area contributed by atoms with Crippen LogP contribution in [0.4, 0.5) is 11.6 Å². The number of aromatic nitrogens is 3. The van der Waals surface area contributed by atoms with Gasteiger partial charge in [-0.3, -0.25) is 4.79 Å². The van der Waals surface area contributed by atoms with Crippen LogP contribution in [-0.2, 0) is 4.79 Å². The number of amides is 1. The summed E-state index contributed by atoms with van der Waals surface area (Å²) in [6.07, 6.45) is 3.52. The zero-order valence-electron chi connectivity index (χ0n) is 15.3. The molecule has 0 bridgehead atoms. The highest BCUT2D eigenvalue weighted by atomic mass is 35.5. The third-order valence-electron chi connectivity index (χ3n) is 4.57. The summed E-state index contributed by atoms with van der Waals surface area (Å²) in [5.74, 6) is 0.409. The number of fused-ring (bicyclic) bond motifs is 1. The number of hydrogen-bond acceptors (Lipinski definition) is 5. The second kappa shape index (κ2) is 7.69. The fourth-order valence-corrected chi connectivity index (χ4v) is 3.75. The van der Waals surface area contributed by atoms with Crippen LogP contribution in [0.1, 0.15) is 18.5 Å². The molecule has 8 heteroatoms. The van der Waals surface area contributed by atoms with E-state index in [4.69, 9.17) is 11.6 Å². The van der Waals surface area contributed by atoms with E-state index in [-0.39, 0.29) is 11.9 Å². The van der Waals surface area contributed by atoms with E-state index in [9.17, 15) is 4.79 Å². The predicted molar refractivity (Wildman–Crippen MR) is 113 cm³/mol. The molecule has 0 aliphatic carbocycles. The number of allylic oxidation sites excluding steroid dienone is 1. The molecule has 2 heterocycles. The third kappa shape index (κ3) is 3.50. The second-order valence-electron chi connectivity index (χ2n) is 6.33. The highest BCUT2D eigenvalue weighted by Gasteiger charge is 2.33. The minimum atomic E-state index is -0.373. The Balaban J connectivity index is 1.73. The zero-order chi connectivity index (χ0) is 19.7. The topological polar surface area (TPSA) is 71.8 Å². The van der Waals surface area contributed by atoms with Crippen molar-refractivity contribution in [1.82, 2.24) is 14.8 Å². The summed E-state index contributed by atoms with van der Waals surface area (Å²) in [5, 5.41) is 11.1. The van der Waals surface area contributed by atoms with Crippen molar-refractivity contribution in [1.29, 1.82) is 0 Å². The summed E-state index contributed by atoms with van der Waals surface area (Å²) >= 11 is 7.61. The number of carbonyl (C=O) groups excluding carboxylic acids is 1. The summed E-state index contributed by atoms with van der Waals surface area (Å²) in [5.41, 5.74) is 2.97. The number of carbonyl (C=O) groups is 1. The van der Waals surface area contributed by atoms with Crippen molar-refractivity contribution in [2.24, 2.45) is 0 Å². The number of halogens is 1. The van der Waals surface area contributed by atoms with E-state index in [0.717, 1.165) is 16.2 Å². The summed E-state index contributed by atoms with van der Waals surface area (Å²) < 4.78 is 1.73. The van der Waals surface area contributed by atoms with Crippen molar-refractivity contribution < 1.29 is 4.79 Å². The van der Waals surface area contributed by atoms with Gasteiger partial charge in [0.25, 0.3) is 5.91 Å². The number of hydrogen-bond donors (Lipinski definition) is 2. The summed E-state index contributed by atoms with van der Waals surface area (Å²) in [6, 6.07) is 14.8. The quantitative estimate of drug-likeness (QED) is 0.615. The second-order valence-corrected chi connectivity index (χ2v) is 7.64. The third-order valence-corrected chi connectivity index (χ3v) is 5.57. The van der Waals surface area contributed by atoms with Crippen LogP contribution in [0.25, 0.3) is 0 Å². The Morgan fingerprint density at radius 3 is 2.57 bits per heavy atom. The maximum Gasteiger partial charge on any atom is 0.255 e. The fraction of sp³-hybridized carbons (Fsp3) is 0.150. The standard InChI is InChI=1S/C20H18ClN5OS/c1-12-17(19(27)25-15-7-5-14(21)6-8-15)18(26-20(24-12)22-11-23-26)13-3-9-16(28-2)10-4-13/h3-11,18H,1-2H3,(H,25,27)(H,22,23,24)/t18-/m1/s1. The molecule has 6 nitrogen and oxygen atoms in total. The number of benzene rings is 2. The largest absolute Gasteiger partial charge is 0.328 e. The maximum absolute atomic E-state index is 13.2. The van der Waals surface area contributed by atoms with Gasteiger partial charge in [0.15, 0.2) is 0 Å². The van der Waals surface area contributed by atoms with E-state index >= 15 is 0 Å². The zero-order valence-corrected chi connectivity index (χ0v) is 16.9. The van der Waals surface area contributed by atoms with Crippen molar-refractivity contribution in [3.8, 4) is 0 Å². The number of thioether (sulfide) groups is 1. The smallest absolute Gasteiger partial charge is 0.255 e. The van der Waals surface area contributed by atoms with Crippen LogP contribution in [-0.4, -0.2) is 26.9 Å². The Hall–Kier alpha value is -2.77. The van der Waals surface area contributed by atoms with Crippen molar-refractivity contribution in [2.45, 2.75) is 17.9 Å². The van der Waals surface area contributed by atoms with E-state index in [1.165, 1.54) is 6.33 Å². The van der Waals surface area contributed by atoms with Gasteiger partial charge in [-0.25, -0.2) is 4.68 Å². The highest BCUT2D eigenvalue weighted by Crippen LogP contribution is 2.35. The molecule has 142 valence electrons. The number of anilines is 2. The molecular weight excluding hydrogens is 394 g/mol. The van der Waals surface area contributed by atoms with Crippen LogP contribution in [0.3, 0.4) is 0 Å². The molecule has 1 aromatic heterocycles. The van der Waals surface area contributed by atoms with Crippen LogP contribution in [0.15, 0.2) is 71.0 Å². The first-order chi connectivity index (χ1) is 13.6. The van der Waals surface area contributed by atoms with Crippen molar-refractivity contribution in [3.63, 3.8) is 0 Å². The fourth-order valence-electron chi connectivity index (χ4n) is 3.21. The Kier molecular flexibility index (Phi) is 5.11. The van der Waals surface area contributed by atoms with E-state index in [0.29, 0.717) is 22.2 Å². The number of nitrogens with zero attached hydrogens (tertiary/aromatic N) is 3.